The van der Waals surface area contributed by atoms with Crippen molar-refractivity contribution in [3.63, 3.8) is 0 Å². The number of methoxy groups -OCH3 is 1. The van der Waals surface area contributed by atoms with Crippen molar-refractivity contribution < 1.29 is 9.47 Å². The Balaban J connectivity index is 1.77. The zero-order valence-corrected chi connectivity index (χ0v) is 12.5. The second kappa shape index (κ2) is 5.74. The highest BCUT2D eigenvalue weighted by Gasteiger charge is 2.41. The molecule has 0 saturated heterocycles. The van der Waals surface area contributed by atoms with Crippen molar-refractivity contribution in [1.82, 2.24) is 5.32 Å². The minimum atomic E-state index is -0.0480. The van der Waals surface area contributed by atoms with Crippen LogP contribution in [0.4, 0.5) is 0 Å². The number of hydrogen-bond acceptors (Lipinski definition) is 3. The van der Waals surface area contributed by atoms with E-state index < -0.39 is 0 Å². The summed E-state index contributed by atoms with van der Waals surface area (Å²) in [5.74, 6) is 0.990. The molecule has 0 heterocycles. The molecular formula is C17H25NO2. The van der Waals surface area contributed by atoms with Crippen LogP contribution in [0.3, 0.4) is 0 Å². The van der Waals surface area contributed by atoms with Crippen LogP contribution >= 0.6 is 0 Å². The zero-order valence-electron chi connectivity index (χ0n) is 12.5. The van der Waals surface area contributed by atoms with E-state index >= 15 is 0 Å². The molecule has 0 aromatic heterocycles. The van der Waals surface area contributed by atoms with Gasteiger partial charge in [-0.2, -0.15) is 0 Å². The van der Waals surface area contributed by atoms with Crippen molar-refractivity contribution in [1.29, 1.82) is 0 Å². The minimum Gasteiger partial charge on any atom is -0.490 e. The summed E-state index contributed by atoms with van der Waals surface area (Å²) in [6, 6.07) is 8.80. The molecule has 3 rings (SSSR count). The van der Waals surface area contributed by atoms with E-state index in [2.05, 4.69) is 29.6 Å². The molecule has 0 bridgehead atoms. The topological polar surface area (TPSA) is 30.5 Å². The van der Waals surface area contributed by atoms with Gasteiger partial charge in [0, 0.05) is 7.11 Å². The molecule has 0 amide bonds. The highest BCUT2D eigenvalue weighted by Crippen LogP contribution is 2.42. The summed E-state index contributed by atoms with van der Waals surface area (Å²) < 4.78 is 11.7. The van der Waals surface area contributed by atoms with Crippen LogP contribution in [0.5, 0.6) is 5.75 Å². The van der Waals surface area contributed by atoms with Crippen molar-refractivity contribution in [3.05, 3.63) is 29.8 Å². The first-order valence-electron chi connectivity index (χ1n) is 7.76. The molecule has 20 heavy (non-hydrogen) atoms. The first kappa shape index (κ1) is 13.9. The lowest BCUT2D eigenvalue weighted by Crippen LogP contribution is -2.42. The maximum Gasteiger partial charge on any atom is 0.119 e. The molecule has 0 spiro atoms. The van der Waals surface area contributed by atoms with Crippen molar-refractivity contribution >= 4 is 0 Å². The predicted molar refractivity (Wildman–Crippen MR) is 80.1 cm³/mol. The summed E-state index contributed by atoms with van der Waals surface area (Å²) in [6.45, 7) is 0. The number of benzene rings is 1. The van der Waals surface area contributed by atoms with Gasteiger partial charge in [0.2, 0.25) is 0 Å². The third kappa shape index (κ3) is 2.70. The first-order valence-corrected chi connectivity index (χ1v) is 7.76. The molecule has 0 aliphatic heterocycles. The van der Waals surface area contributed by atoms with Crippen molar-refractivity contribution in [2.45, 2.75) is 56.3 Å². The van der Waals surface area contributed by atoms with E-state index in [0.717, 1.165) is 18.6 Å². The van der Waals surface area contributed by atoms with E-state index in [9.17, 15) is 0 Å². The van der Waals surface area contributed by atoms with Gasteiger partial charge in [-0.15, -0.1) is 0 Å². The van der Waals surface area contributed by atoms with Gasteiger partial charge in [0.25, 0.3) is 0 Å². The molecule has 1 N–H and O–H groups in total. The average Bonchev–Trinajstić information content (AvgIpc) is 3.16. The van der Waals surface area contributed by atoms with Crippen molar-refractivity contribution in [2.75, 3.05) is 14.2 Å². The van der Waals surface area contributed by atoms with E-state index in [1.54, 1.807) is 0 Å². The average molecular weight is 275 g/mol. The number of nitrogens with one attached hydrogen (secondary N) is 1. The van der Waals surface area contributed by atoms with Gasteiger partial charge in [0.05, 0.1) is 17.7 Å². The van der Waals surface area contributed by atoms with Crippen molar-refractivity contribution in [3.8, 4) is 5.75 Å². The largest absolute Gasteiger partial charge is 0.490 e. The molecule has 2 aliphatic rings. The molecule has 0 radical (unpaired) electrons. The van der Waals surface area contributed by atoms with Gasteiger partial charge in [-0.3, -0.25) is 0 Å². The van der Waals surface area contributed by atoms with Crippen LogP contribution < -0.4 is 10.1 Å². The fraction of sp³-hybridized carbons (Fsp3) is 0.647. The Morgan fingerprint density at radius 3 is 2.30 bits per heavy atom. The van der Waals surface area contributed by atoms with Gasteiger partial charge in [-0.1, -0.05) is 25.0 Å². The lowest BCUT2D eigenvalue weighted by Gasteiger charge is -2.36. The molecule has 1 unspecified atom stereocenters. The van der Waals surface area contributed by atoms with Gasteiger partial charge in [-0.05, 0) is 50.4 Å². The number of likely N-dealkylation sites (N-methyl/N-ethyl adjacent to an activating group) is 1. The van der Waals surface area contributed by atoms with E-state index in [-0.39, 0.29) is 11.6 Å². The molecule has 3 heteroatoms. The van der Waals surface area contributed by atoms with Crippen molar-refractivity contribution in [2.24, 2.45) is 0 Å². The van der Waals surface area contributed by atoms with E-state index in [0.29, 0.717) is 6.10 Å². The summed E-state index contributed by atoms with van der Waals surface area (Å²) in [5, 5.41) is 3.46. The maximum absolute atomic E-state index is 5.92. The fourth-order valence-electron chi connectivity index (χ4n) is 3.43. The van der Waals surface area contributed by atoms with Crippen LogP contribution in [0.25, 0.3) is 0 Å². The highest BCUT2D eigenvalue weighted by atomic mass is 16.5. The third-order valence-corrected chi connectivity index (χ3v) is 4.71. The molecule has 110 valence electrons. The molecule has 2 aliphatic carbocycles. The summed E-state index contributed by atoms with van der Waals surface area (Å²) in [5.41, 5.74) is 1.24. The molecule has 2 fully saturated rings. The van der Waals surface area contributed by atoms with Crippen LogP contribution in [0.2, 0.25) is 0 Å². The molecule has 3 nitrogen and oxygen atoms in total. The summed E-state index contributed by atoms with van der Waals surface area (Å²) in [7, 11) is 3.87. The Bertz CT molecular complexity index is 433. The Morgan fingerprint density at radius 2 is 1.80 bits per heavy atom. The molecular weight excluding hydrogens is 250 g/mol. The summed E-state index contributed by atoms with van der Waals surface area (Å²) >= 11 is 0. The summed E-state index contributed by atoms with van der Waals surface area (Å²) in [4.78, 5) is 0. The van der Waals surface area contributed by atoms with Gasteiger partial charge >= 0.3 is 0 Å². The van der Waals surface area contributed by atoms with Crippen LogP contribution in [-0.2, 0) is 4.74 Å². The lowest BCUT2D eigenvalue weighted by atomic mass is 9.87. The Hall–Kier alpha value is -1.06. The van der Waals surface area contributed by atoms with Crippen LogP contribution in [0.1, 0.15) is 50.1 Å². The van der Waals surface area contributed by atoms with Gasteiger partial charge in [0.1, 0.15) is 5.75 Å². The second-order valence-corrected chi connectivity index (χ2v) is 6.08. The van der Waals surface area contributed by atoms with E-state index in [1.165, 1.54) is 31.2 Å². The van der Waals surface area contributed by atoms with Gasteiger partial charge in [-0.25, -0.2) is 0 Å². The standard InChI is InChI=1S/C17H25NO2/c1-18-16(17(19-2)11-3-4-12-17)13-5-7-14(8-6-13)20-15-9-10-15/h5-8,15-16,18H,3-4,9-12H2,1-2H3. The molecule has 1 aromatic rings. The van der Waals surface area contributed by atoms with Gasteiger partial charge in [0.15, 0.2) is 0 Å². The smallest absolute Gasteiger partial charge is 0.119 e. The minimum absolute atomic E-state index is 0.0480. The lowest BCUT2D eigenvalue weighted by molar-refractivity contribution is -0.0349. The first-order chi connectivity index (χ1) is 9.77. The molecule has 1 atom stereocenters. The van der Waals surface area contributed by atoms with Crippen LogP contribution in [-0.4, -0.2) is 25.9 Å². The number of rotatable bonds is 6. The van der Waals surface area contributed by atoms with Crippen LogP contribution in [0.15, 0.2) is 24.3 Å². The highest BCUT2D eigenvalue weighted by molar-refractivity contribution is 5.31. The molecule has 1 aromatic carbocycles. The number of hydrogen-bond donors (Lipinski definition) is 1. The Labute approximate surface area is 121 Å². The van der Waals surface area contributed by atoms with E-state index in [4.69, 9.17) is 9.47 Å². The summed E-state index contributed by atoms with van der Waals surface area (Å²) in [6.07, 6.45) is 7.65. The van der Waals surface area contributed by atoms with Crippen LogP contribution in [0, 0.1) is 0 Å². The van der Waals surface area contributed by atoms with E-state index in [1.807, 2.05) is 14.2 Å². The third-order valence-electron chi connectivity index (χ3n) is 4.71. The molecule has 2 saturated carbocycles. The monoisotopic (exact) mass is 275 g/mol. The normalized spacial score (nSPS) is 22.7. The SMILES string of the molecule is CNC(c1ccc(OC2CC2)cc1)C1(OC)CCCC1. The van der Waals surface area contributed by atoms with Gasteiger partial charge < -0.3 is 14.8 Å². The Kier molecular flexibility index (Phi) is 3.99. The Morgan fingerprint density at radius 1 is 1.15 bits per heavy atom. The maximum atomic E-state index is 5.92. The second-order valence-electron chi connectivity index (χ2n) is 6.08. The predicted octanol–water partition coefficient (Wildman–Crippen LogP) is 3.45. The zero-order chi connectivity index (χ0) is 14.0. The fourth-order valence-corrected chi connectivity index (χ4v) is 3.43. The number of ether oxygens (including phenoxy) is 2. The quantitative estimate of drug-likeness (QED) is 0.862.